The van der Waals surface area contributed by atoms with E-state index in [-0.39, 0.29) is 31.7 Å². The van der Waals surface area contributed by atoms with Gasteiger partial charge in [-0.15, -0.1) is 0 Å². The SMILES string of the molecule is CCOC(=O)C1=C(C)N(Cn2c3c(c4ccccc42)CCCC3)C(=O)N(Cn2c3c(c4ccccc42)CCCC3)C1c1ccccc1O. The predicted octanol–water partition coefficient (Wildman–Crippen LogP) is 7.99. The Morgan fingerprint density at radius 1 is 0.771 bits per heavy atom. The number of allylic oxidation sites excluding steroid dienone is 1. The van der Waals surface area contributed by atoms with Crippen LogP contribution in [0.1, 0.15) is 73.7 Å². The van der Waals surface area contributed by atoms with E-state index < -0.39 is 12.0 Å². The number of aromatic hydroxyl groups is 1. The van der Waals surface area contributed by atoms with E-state index in [9.17, 15) is 9.90 Å². The van der Waals surface area contributed by atoms with Gasteiger partial charge < -0.3 is 19.0 Å². The Labute approximate surface area is 280 Å². The van der Waals surface area contributed by atoms with E-state index in [2.05, 4.69) is 51.6 Å². The lowest BCUT2D eigenvalue weighted by molar-refractivity contribution is -0.139. The Bertz CT molecular complexity index is 2100. The molecule has 2 amide bonds. The summed E-state index contributed by atoms with van der Waals surface area (Å²) in [5.41, 5.74) is 8.81. The highest BCUT2D eigenvalue weighted by Gasteiger charge is 2.44. The van der Waals surface area contributed by atoms with Crippen LogP contribution in [0, 0.1) is 0 Å². The number of aryl methyl sites for hydroxylation is 2. The van der Waals surface area contributed by atoms with Crippen LogP contribution < -0.4 is 0 Å². The molecule has 1 aliphatic heterocycles. The van der Waals surface area contributed by atoms with E-state index in [1.807, 2.05) is 25.1 Å². The van der Waals surface area contributed by atoms with Crippen LogP contribution in [0.5, 0.6) is 5.75 Å². The Morgan fingerprint density at radius 2 is 1.31 bits per heavy atom. The van der Waals surface area contributed by atoms with Gasteiger partial charge in [0.05, 0.1) is 29.3 Å². The number of phenolic OH excluding ortho intramolecular Hbond substituents is 1. The third-order valence-corrected chi connectivity index (χ3v) is 10.7. The van der Waals surface area contributed by atoms with Gasteiger partial charge >= 0.3 is 12.0 Å². The molecule has 0 fully saturated rings. The van der Waals surface area contributed by atoms with Crippen LogP contribution >= 0.6 is 0 Å². The minimum atomic E-state index is -0.843. The van der Waals surface area contributed by atoms with Gasteiger partial charge in [-0.2, -0.15) is 0 Å². The largest absolute Gasteiger partial charge is 0.508 e. The fourth-order valence-electron chi connectivity index (χ4n) is 8.52. The lowest BCUT2D eigenvalue weighted by Crippen LogP contribution is -2.51. The zero-order chi connectivity index (χ0) is 32.9. The summed E-state index contributed by atoms with van der Waals surface area (Å²) >= 11 is 0. The number of hydrogen-bond donors (Lipinski definition) is 1. The van der Waals surface area contributed by atoms with Crippen molar-refractivity contribution < 1.29 is 19.4 Å². The van der Waals surface area contributed by atoms with Gasteiger partial charge in [-0.05, 0) is 94.5 Å². The zero-order valence-electron chi connectivity index (χ0n) is 27.7. The van der Waals surface area contributed by atoms with Gasteiger partial charge in [-0.1, -0.05) is 54.6 Å². The van der Waals surface area contributed by atoms with Crippen LogP contribution in [0.3, 0.4) is 0 Å². The summed E-state index contributed by atoms with van der Waals surface area (Å²) in [7, 11) is 0. The molecule has 1 N–H and O–H groups in total. The number of amides is 2. The molecule has 0 bridgehead atoms. The number of aromatic nitrogens is 2. The maximum atomic E-state index is 15.2. The highest BCUT2D eigenvalue weighted by Crippen LogP contribution is 2.43. The molecule has 246 valence electrons. The van der Waals surface area contributed by atoms with Gasteiger partial charge in [-0.3, -0.25) is 9.80 Å². The summed E-state index contributed by atoms with van der Waals surface area (Å²) in [6.07, 6.45) is 8.39. The maximum absolute atomic E-state index is 15.2. The summed E-state index contributed by atoms with van der Waals surface area (Å²) in [6, 6.07) is 22.8. The molecule has 0 radical (unpaired) electrons. The topological polar surface area (TPSA) is 79.9 Å². The maximum Gasteiger partial charge on any atom is 0.338 e. The monoisotopic (exact) mass is 642 g/mol. The normalized spacial score (nSPS) is 18.0. The Balaban J connectivity index is 1.33. The van der Waals surface area contributed by atoms with Crippen LogP contribution in [0.15, 0.2) is 84.1 Å². The highest BCUT2D eigenvalue weighted by molar-refractivity contribution is 5.95. The van der Waals surface area contributed by atoms with Crippen molar-refractivity contribution in [3.63, 3.8) is 0 Å². The molecule has 2 aromatic heterocycles. The molecular formula is C40H42N4O4. The van der Waals surface area contributed by atoms with Gasteiger partial charge in [0.25, 0.3) is 0 Å². The fourth-order valence-corrected chi connectivity index (χ4v) is 8.52. The standard InChI is InChI=1S/C40H42N4O4/c1-3-48-39(46)37-26(2)41(24-42-32-19-9-4-14-27(32)28-15-5-10-20-33(28)42)40(47)44(38(37)31-18-8-13-23-36(31)45)25-43-34-21-11-6-16-29(34)30-17-7-12-22-35(30)43/h4,6,8-9,11,13-14,16,18-19,21,23,38,45H,3,5,7,10,12,15,17,20,22,24-25H2,1-2H3. The first-order valence-corrected chi connectivity index (χ1v) is 17.4. The van der Waals surface area contributed by atoms with E-state index in [0.717, 1.165) is 62.4 Å². The van der Waals surface area contributed by atoms with Crippen molar-refractivity contribution >= 4 is 33.8 Å². The summed E-state index contributed by atoms with van der Waals surface area (Å²) in [5, 5.41) is 13.7. The number of rotatable bonds is 7. The molecule has 3 aliphatic rings. The molecule has 8 heteroatoms. The number of para-hydroxylation sites is 3. The van der Waals surface area contributed by atoms with Crippen molar-refractivity contribution in [2.24, 2.45) is 0 Å². The number of fused-ring (bicyclic) bond motifs is 6. The van der Waals surface area contributed by atoms with E-state index in [1.54, 1.807) is 28.9 Å². The molecule has 48 heavy (non-hydrogen) atoms. The van der Waals surface area contributed by atoms with Gasteiger partial charge in [-0.25, -0.2) is 9.59 Å². The Hall–Kier alpha value is -4.98. The van der Waals surface area contributed by atoms with Crippen molar-refractivity contribution in [3.05, 3.63) is 112 Å². The number of carbonyl (C=O) groups excluding carboxylic acids is 2. The van der Waals surface area contributed by atoms with E-state index in [4.69, 9.17) is 4.74 Å². The van der Waals surface area contributed by atoms with Crippen LogP contribution in [-0.2, 0) is 48.6 Å². The average molecular weight is 643 g/mol. The first kappa shape index (κ1) is 30.4. The van der Waals surface area contributed by atoms with Crippen molar-refractivity contribution in [2.75, 3.05) is 6.61 Å². The minimum Gasteiger partial charge on any atom is -0.508 e. The molecule has 1 atom stereocenters. The number of hydrogen-bond acceptors (Lipinski definition) is 4. The number of urea groups is 1. The zero-order valence-corrected chi connectivity index (χ0v) is 27.7. The van der Waals surface area contributed by atoms with Gasteiger partial charge in [0.2, 0.25) is 0 Å². The van der Waals surface area contributed by atoms with E-state index >= 15 is 4.79 Å². The molecular weight excluding hydrogens is 600 g/mol. The first-order chi connectivity index (χ1) is 23.5. The van der Waals surface area contributed by atoms with Crippen molar-refractivity contribution in [2.45, 2.75) is 84.6 Å². The van der Waals surface area contributed by atoms with Crippen LogP contribution in [0.25, 0.3) is 21.8 Å². The third-order valence-electron chi connectivity index (χ3n) is 10.7. The summed E-state index contributed by atoms with van der Waals surface area (Å²) in [6.45, 7) is 4.34. The van der Waals surface area contributed by atoms with Gasteiger partial charge in [0.1, 0.15) is 19.1 Å². The van der Waals surface area contributed by atoms with E-state index in [0.29, 0.717) is 16.8 Å². The number of benzene rings is 3. The molecule has 1 unspecified atom stereocenters. The fraction of sp³-hybridized carbons (Fsp3) is 0.350. The molecule has 8 nitrogen and oxygen atoms in total. The van der Waals surface area contributed by atoms with Crippen LogP contribution in [0.2, 0.25) is 0 Å². The van der Waals surface area contributed by atoms with Crippen molar-refractivity contribution in [3.8, 4) is 5.75 Å². The van der Waals surface area contributed by atoms with Crippen LogP contribution in [-0.4, -0.2) is 42.6 Å². The summed E-state index contributed by atoms with van der Waals surface area (Å²) in [5.74, 6) is -0.447. The second-order valence-electron chi connectivity index (χ2n) is 13.3. The summed E-state index contributed by atoms with van der Waals surface area (Å²) in [4.78, 5) is 32.8. The third kappa shape index (κ3) is 4.80. The minimum absolute atomic E-state index is 0.0354. The number of ether oxygens (including phenoxy) is 1. The lowest BCUT2D eigenvalue weighted by Gasteiger charge is -2.43. The Kier molecular flexibility index (Phi) is 7.74. The molecule has 0 spiro atoms. The van der Waals surface area contributed by atoms with Gasteiger partial charge in [0.15, 0.2) is 0 Å². The molecule has 3 heterocycles. The predicted molar refractivity (Wildman–Crippen MR) is 186 cm³/mol. The number of nitrogens with zero attached hydrogens (tertiary/aromatic N) is 4. The molecule has 3 aromatic carbocycles. The summed E-state index contributed by atoms with van der Waals surface area (Å²) < 4.78 is 10.3. The van der Waals surface area contributed by atoms with Crippen molar-refractivity contribution in [1.82, 2.24) is 18.9 Å². The smallest absolute Gasteiger partial charge is 0.338 e. The molecule has 8 rings (SSSR count). The van der Waals surface area contributed by atoms with E-state index in [1.165, 1.54) is 33.3 Å². The number of carbonyl (C=O) groups is 2. The quantitative estimate of drug-likeness (QED) is 0.183. The average Bonchev–Trinajstić information content (AvgIpc) is 3.60. The second kappa shape index (κ2) is 12.2. The second-order valence-corrected chi connectivity index (χ2v) is 13.3. The molecule has 5 aromatic rings. The first-order valence-electron chi connectivity index (χ1n) is 17.4. The Morgan fingerprint density at radius 3 is 1.92 bits per heavy atom. The molecule has 0 saturated heterocycles. The number of esters is 1. The van der Waals surface area contributed by atoms with Crippen LogP contribution in [0.4, 0.5) is 4.79 Å². The van der Waals surface area contributed by atoms with Gasteiger partial charge in [0, 0.05) is 33.4 Å². The van der Waals surface area contributed by atoms with Crippen molar-refractivity contribution in [1.29, 1.82) is 0 Å². The lowest BCUT2D eigenvalue weighted by atomic mass is 9.92. The molecule has 0 saturated carbocycles. The highest BCUT2D eigenvalue weighted by atomic mass is 16.5. The molecule has 2 aliphatic carbocycles. The number of phenols is 1.